The van der Waals surface area contributed by atoms with Crippen LogP contribution in [0.3, 0.4) is 0 Å². The molecule has 1 N–H and O–H groups in total. The highest BCUT2D eigenvalue weighted by atomic mass is 15.2. The third-order valence-corrected chi connectivity index (χ3v) is 3.31. The van der Waals surface area contributed by atoms with Crippen molar-refractivity contribution in [3.63, 3.8) is 0 Å². The van der Waals surface area contributed by atoms with Crippen LogP contribution in [0, 0.1) is 5.92 Å². The Morgan fingerprint density at radius 1 is 1.33 bits per heavy atom. The zero-order valence-corrected chi connectivity index (χ0v) is 8.05. The van der Waals surface area contributed by atoms with Crippen LogP contribution in [0.15, 0.2) is 0 Å². The van der Waals surface area contributed by atoms with E-state index in [0.29, 0.717) is 0 Å². The summed E-state index contributed by atoms with van der Waals surface area (Å²) in [5.74, 6) is 1.01. The standard InChI is InChI=1S/C10H20N2/c1-12-6-5-10(8-12)11-7-9-3-2-4-9/h9-11H,2-8H2,1H3/t10-/m1/s1. The molecule has 70 valence electrons. The molecule has 1 atom stereocenters. The molecule has 0 radical (unpaired) electrons. The van der Waals surface area contributed by atoms with E-state index in [1.54, 1.807) is 0 Å². The van der Waals surface area contributed by atoms with E-state index in [1.165, 1.54) is 45.3 Å². The minimum Gasteiger partial charge on any atom is -0.312 e. The fourth-order valence-corrected chi connectivity index (χ4v) is 2.13. The molecule has 0 bridgehead atoms. The first-order valence-corrected chi connectivity index (χ1v) is 5.26. The molecule has 1 aliphatic carbocycles. The summed E-state index contributed by atoms with van der Waals surface area (Å²) in [4.78, 5) is 2.42. The van der Waals surface area contributed by atoms with Gasteiger partial charge in [-0.1, -0.05) is 6.42 Å². The molecule has 1 saturated carbocycles. The van der Waals surface area contributed by atoms with Crippen molar-refractivity contribution in [3.05, 3.63) is 0 Å². The summed E-state index contributed by atoms with van der Waals surface area (Å²) in [5.41, 5.74) is 0. The number of likely N-dealkylation sites (N-methyl/N-ethyl adjacent to an activating group) is 1. The van der Waals surface area contributed by atoms with Crippen LogP contribution >= 0.6 is 0 Å². The second kappa shape index (κ2) is 3.75. The lowest BCUT2D eigenvalue weighted by atomic mass is 9.85. The molecule has 2 rings (SSSR count). The van der Waals surface area contributed by atoms with Crippen molar-refractivity contribution in [2.45, 2.75) is 31.7 Å². The Hall–Kier alpha value is -0.0800. The predicted octanol–water partition coefficient (Wildman–Crippen LogP) is 1.08. The van der Waals surface area contributed by atoms with Gasteiger partial charge in [-0.05, 0) is 45.3 Å². The topological polar surface area (TPSA) is 15.3 Å². The summed E-state index contributed by atoms with van der Waals surface area (Å²) in [6.45, 7) is 3.81. The number of rotatable bonds is 3. The van der Waals surface area contributed by atoms with Gasteiger partial charge in [0.05, 0.1) is 0 Å². The number of nitrogens with one attached hydrogen (secondary N) is 1. The molecular weight excluding hydrogens is 148 g/mol. The van der Waals surface area contributed by atoms with E-state index in [9.17, 15) is 0 Å². The summed E-state index contributed by atoms with van der Waals surface area (Å²) < 4.78 is 0. The summed E-state index contributed by atoms with van der Waals surface area (Å²) in [6, 6.07) is 0.788. The molecule has 1 aliphatic heterocycles. The minimum atomic E-state index is 0.788. The second-order valence-corrected chi connectivity index (χ2v) is 4.45. The fourth-order valence-electron chi connectivity index (χ4n) is 2.13. The van der Waals surface area contributed by atoms with Crippen molar-refractivity contribution in [1.82, 2.24) is 10.2 Å². The zero-order valence-electron chi connectivity index (χ0n) is 8.05. The van der Waals surface area contributed by atoms with Gasteiger partial charge >= 0.3 is 0 Å². The quantitative estimate of drug-likeness (QED) is 0.678. The van der Waals surface area contributed by atoms with E-state index in [-0.39, 0.29) is 0 Å². The van der Waals surface area contributed by atoms with Gasteiger partial charge in [0.15, 0.2) is 0 Å². The molecule has 12 heavy (non-hydrogen) atoms. The number of hydrogen-bond donors (Lipinski definition) is 1. The highest BCUT2D eigenvalue weighted by Gasteiger charge is 2.22. The SMILES string of the molecule is CN1CC[C@@H](NCC2CCC2)C1. The lowest BCUT2D eigenvalue weighted by Gasteiger charge is -2.27. The molecular formula is C10H20N2. The van der Waals surface area contributed by atoms with Gasteiger partial charge in [-0.15, -0.1) is 0 Å². The molecule has 0 spiro atoms. The minimum absolute atomic E-state index is 0.788. The van der Waals surface area contributed by atoms with E-state index in [2.05, 4.69) is 17.3 Å². The Labute approximate surface area is 75.3 Å². The van der Waals surface area contributed by atoms with E-state index in [0.717, 1.165) is 12.0 Å². The molecule has 1 saturated heterocycles. The van der Waals surface area contributed by atoms with E-state index < -0.39 is 0 Å². The molecule has 1 heterocycles. The normalized spacial score (nSPS) is 32.2. The molecule has 0 unspecified atom stereocenters. The molecule has 0 aromatic heterocycles. The van der Waals surface area contributed by atoms with E-state index in [4.69, 9.17) is 0 Å². The zero-order chi connectivity index (χ0) is 8.39. The highest BCUT2D eigenvalue weighted by Crippen LogP contribution is 2.25. The first-order valence-electron chi connectivity index (χ1n) is 5.26. The van der Waals surface area contributed by atoms with Gasteiger partial charge in [-0.2, -0.15) is 0 Å². The van der Waals surface area contributed by atoms with Crippen molar-refractivity contribution >= 4 is 0 Å². The third-order valence-electron chi connectivity index (χ3n) is 3.31. The summed E-state index contributed by atoms with van der Waals surface area (Å²) in [5, 5.41) is 3.67. The molecule has 2 aliphatic rings. The largest absolute Gasteiger partial charge is 0.312 e. The van der Waals surface area contributed by atoms with Gasteiger partial charge < -0.3 is 10.2 Å². The monoisotopic (exact) mass is 168 g/mol. The second-order valence-electron chi connectivity index (χ2n) is 4.45. The van der Waals surface area contributed by atoms with Gasteiger partial charge in [0.2, 0.25) is 0 Å². The summed E-state index contributed by atoms with van der Waals surface area (Å²) in [7, 11) is 2.21. The maximum Gasteiger partial charge on any atom is 0.0207 e. The first-order chi connectivity index (χ1) is 5.84. The van der Waals surface area contributed by atoms with E-state index >= 15 is 0 Å². The maximum absolute atomic E-state index is 3.67. The van der Waals surface area contributed by atoms with Crippen LogP contribution in [0.4, 0.5) is 0 Å². The molecule has 0 amide bonds. The van der Waals surface area contributed by atoms with Crippen LogP contribution in [-0.2, 0) is 0 Å². The summed E-state index contributed by atoms with van der Waals surface area (Å²) in [6.07, 6.45) is 5.76. The molecule has 2 nitrogen and oxygen atoms in total. The lowest BCUT2D eigenvalue weighted by Crippen LogP contribution is -2.36. The van der Waals surface area contributed by atoms with Crippen molar-refractivity contribution < 1.29 is 0 Å². The van der Waals surface area contributed by atoms with Crippen LogP contribution in [0.1, 0.15) is 25.7 Å². The smallest absolute Gasteiger partial charge is 0.0207 e. The van der Waals surface area contributed by atoms with Crippen LogP contribution < -0.4 is 5.32 Å². The van der Waals surface area contributed by atoms with Crippen molar-refractivity contribution in [3.8, 4) is 0 Å². The Morgan fingerprint density at radius 2 is 2.17 bits per heavy atom. The molecule has 0 aromatic carbocycles. The fraction of sp³-hybridized carbons (Fsp3) is 1.00. The third kappa shape index (κ3) is 1.99. The van der Waals surface area contributed by atoms with Crippen molar-refractivity contribution in [1.29, 1.82) is 0 Å². The number of likely N-dealkylation sites (tertiary alicyclic amines) is 1. The number of nitrogens with zero attached hydrogens (tertiary/aromatic N) is 1. The number of hydrogen-bond acceptors (Lipinski definition) is 2. The van der Waals surface area contributed by atoms with Crippen molar-refractivity contribution in [2.75, 3.05) is 26.7 Å². The molecule has 2 fully saturated rings. The summed E-state index contributed by atoms with van der Waals surface area (Å²) >= 11 is 0. The van der Waals surface area contributed by atoms with Gasteiger partial charge in [0.25, 0.3) is 0 Å². The van der Waals surface area contributed by atoms with Gasteiger partial charge in [-0.25, -0.2) is 0 Å². The highest BCUT2D eigenvalue weighted by molar-refractivity contribution is 4.81. The Kier molecular flexibility index (Phi) is 2.66. The average Bonchev–Trinajstić information content (AvgIpc) is 2.32. The maximum atomic E-state index is 3.67. The van der Waals surface area contributed by atoms with Crippen LogP contribution in [0.5, 0.6) is 0 Å². The Morgan fingerprint density at radius 3 is 2.67 bits per heavy atom. The van der Waals surface area contributed by atoms with E-state index in [1.807, 2.05) is 0 Å². The molecule has 2 heteroatoms. The van der Waals surface area contributed by atoms with Gasteiger partial charge in [-0.3, -0.25) is 0 Å². The Balaban J connectivity index is 1.60. The van der Waals surface area contributed by atoms with Gasteiger partial charge in [0, 0.05) is 12.6 Å². The first kappa shape index (κ1) is 8.52. The van der Waals surface area contributed by atoms with Crippen LogP contribution in [-0.4, -0.2) is 37.6 Å². The predicted molar refractivity (Wildman–Crippen MR) is 51.2 cm³/mol. The lowest BCUT2D eigenvalue weighted by molar-refractivity contribution is 0.287. The van der Waals surface area contributed by atoms with Crippen molar-refractivity contribution in [2.24, 2.45) is 5.92 Å². The molecule has 0 aromatic rings. The average molecular weight is 168 g/mol. The van der Waals surface area contributed by atoms with Crippen LogP contribution in [0.2, 0.25) is 0 Å². The van der Waals surface area contributed by atoms with Gasteiger partial charge in [0.1, 0.15) is 0 Å². The van der Waals surface area contributed by atoms with Crippen LogP contribution in [0.25, 0.3) is 0 Å². The Bertz CT molecular complexity index is 143.